The van der Waals surface area contributed by atoms with E-state index in [0.717, 1.165) is 34.8 Å². The molecule has 0 N–H and O–H groups in total. The summed E-state index contributed by atoms with van der Waals surface area (Å²) in [7, 11) is 1.63. The minimum absolute atomic E-state index is 0.0902. The van der Waals surface area contributed by atoms with Crippen molar-refractivity contribution in [2.24, 2.45) is 0 Å². The predicted octanol–water partition coefficient (Wildman–Crippen LogP) is 3.02. The smallest absolute Gasteiger partial charge is 0.247 e. The topological polar surface area (TPSA) is 82.6 Å². The third kappa shape index (κ3) is 4.64. The van der Waals surface area contributed by atoms with Crippen molar-refractivity contribution < 1.29 is 18.7 Å². The Labute approximate surface area is 181 Å². The maximum Gasteiger partial charge on any atom is 0.247 e. The van der Waals surface area contributed by atoms with Gasteiger partial charge in [-0.25, -0.2) is 4.98 Å². The molecule has 0 fully saturated rings. The summed E-state index contributed by atoms with van der Waals surface area (Å²) in [6.07, 6.45) is 2.78. The molecule has 0 unspecified atom stereocenters. The summed E-state index contributed by atoms with van der Waals surface area (Å²) in [6, 6.07) is 7.61. The molecule has 8 heteroatoms. The van der Waals surface area contributed by atoms with Crippen molar-refractivity contribution in [2.75, 3.05) is 26.9 Å². The summed E-state index contributed by atoms with van der Waals surface area (Å²) < 4.78 is 18.4. The summed E-state index contributed by atoms with van der Waals surface area (Å²) in [6.45, 7) is 6.92. The van der Waals surface area contributed by atoms with Gasteiger partial charge in [0.2, 0.25) is 11.8 Å². The van der Waals surface area contributed by atoms with Gasteiger partial charge >= 0.3 is 0 Å². The van der Waals surface area contributed by atoms with E-state index in [1.165, 1.54) is 0 Å². The molecule has 0 spiro atoms. The molecular weight excluding hydrogens is 396 g/mol. The molecule has 3 heterocycles. The van der Waals surface area contributed by atoms with Crippen LogP contribution in [0.4, 0.5) is 0 Å². The lowest BCUT2D eigenvalue weighted by atomic mass is 10.0. The van der Waals surface area contributed by atoms with Crippen LogP contribution < -0.4 is 4.74 Å². The number of methoxy groups -OCH3 is 1. The van der Waals surface area contributed by atoms with Gasteiger partial charge in [-0.3, -0.25) is 9.48 Å². The third-order valence-electron chi connectivity index (χ3n) is 5.48. The van der Waals surface area contributed by atoms with Gasteiger partial charge in [0.25, 0.3) is 0 Å². The lowest BCUT2D eigenvalue weighted by Gasteiger charge is -2.28. The number of hydrogen-bond acceptors (Lipinski definition) is 6. The second-order valence-electron chi connectivity index (χ2n) is 7.56. The summed E-state index contributed by atoms with van der Waals surface area (Å²) in [5, 5.41) is 4.77. The van der Waals surface area contributed by atoms with Crippen LogP contribution in [0.1, 0.15) is 29.5 Å². The van der Waals surface area contributed by atoms with E-state index >= 15 is 0 Å². The molecule has 31 heavy (non-hydrogen) atoms. The monoisotopic (exact) mass is 424 g/mol. The molecule has 1 aliphatic rings. The zero-order valence-electron chi connectivity index (χ0n) is 18.3. The number of benzene rings is 1. The maximum atomic E-state index is 13.0. The van der Waals surface area contributed by atoms with E-state index in [1.54, 1.807) is 13.3 Å². The molecule has 0 saturated carbocycles. The number of nitrogens with zero attached hydrogens (tertiary/aromatic N) is 4. The van der Waals surface area contributed by atoms with Crippen LogP contribution in [-0.4, -0.2) is 52.4 Å². The van der Waals surface area contributed by atoms with Gasteiger partial charge in [-0.2, -0.15) is 5.10 Å². The van der Waals surface area contributed by atoms with Crippen molar-refractivity contribution >= 4 is 5.91 Å². The molecule has 0 radical (unpaired) electrons. The highest BCUT2D eigenvalue weighted by Gasteiger charge is 2.29. The number of fused-ring (bicyclic) bond motifs is 1. The van der Waals surface area contributed by atoms with E-state index in [1.807, 2.05) is 47.7 Å². The Morgan fingerprint density at radius 3 is 2.74 bits per heavy atom. The summed E-state index contributed by atoms with van der Waals surface area (Å²) >= 11 is 0. The van der Waals surface area contributed by atoms with Gasteiger partial charge in [-0.1, -0.05) is 12.1 Å². The zero-order chi connectivity index (χ0) is 21.8. The first kappa shape index (κ1) is 21.1. The molecule has 1 aliphatic heterocycles. The van der Waals surface area contributed by atoms with Gasteiger partial charge in [0.15, 0.2) is 5.69 Å². The molecule has 8 nitrogen and oxygen atoms in total. The fourth-order valence-electron chi connectivity index (χ4n) is 3.85. The van der Waals surface area contributed by atoms with Gasteiger partial charge < -0.3 is 18.8 Å². The van der Waals surface area contributed by atoms with Crippen LogP contribution in [0, 0.1) is 6.92 Å². The van der Waals surface area contributed by atoms with Crippen molar-refractivity contribution in [3.63, 3.8) is 0 Å². The van der Waals surface area contributed by atoms with Gasteiger partial charge in [0.1, 0.15) is 11.5 Å². The average Bonchev–Trinajstić information content (AvgIpc) is 3.37. The first-order valence-electron chi connectivity index (χ1n) is 10.6. The Morgan fingerprint density at radius 2 is 2.06 bits per heavy atom. The van der Waals surface area contributed by atoms with E-state index in [2.05, 4.69) is 4.98 Å². The van der Waals surface area contributed by atoms with E-state index in [-0.39, 0.29) is 5.91 Å². The largest absolute Gasteiger partial charge is 0.497 e. The quantitative estimate of drug-likeness (QED) is 0.517. The molecule has 3 aromatic rings. The normalized spacial score (nSPS) is 13.3. The van der Waals surface area contributed by atoms with Gasteiger partial charge in [0, 0.05) is 37.4 Å². The Hall–Kier alpha value is -3.13. The van der Waals surface area contributed by atoms with Crippen LogP contribution in [0.15, 0.2) is 34.9 Å². The lowest BCUT2D eigenvalue weighted by Crippen LogP contribution is -2.37. The molecular formula is C23H28N4O4. The first-order chi connectivity index (χ1) is 15.1. The SMILES string of the molecule is CCOCCn1nc(-c2ncc(C)o2)c2c1CCN(C(=O)Cc1ccc(OC)cc1)C2. The van der Waals surface area contributed by atoms with Crippen LogP contribution in [0.25, 0.3) is 11.6 Å². The number of hydrogen-bond donors (Lipinski definition) is 0. The molecule has 0 atom stereocenters. The second-order valence-corrected chi connectivity index (χ2v) is 7.56. The molecule has 4 rings (SSSR count). The van der Waals surface area contributed by atoms with E-state index in [9.17, 15) is 4.79 Å². The van der Waals surface area contributed by atoms with Crippen molar-refractivity contribution in [2.45, 2.75) is 39.8 Å². The first-order valence-corrected chi connectivity index (χ1v) is 10.6. The number of ether oxygens (including phenoxy) is 2. The molecule has 2 aromatic heterocycles. The Morgan fingerprint density at radius 1 is 1.26 bits per heavy atom. The van der Waals surface area contributed by atoms with Gasteiger partial charge in [-0.15, -0.1) is 0 Å². The average molecular weight is 425 g/mol. The van der Waals surface area contributed by atoms with Crippen molar-refractivity contribution in [3.8, 4) is 17.3 Å². The number of rotatable bonds is 8. The fourth-order valence-corrected chi connectivity index (χ4v) is 3.85. The van der Waals surface area contributed by atoms with Crippen molar-refractivity contribution in [1.29, 1.82) is 0 Å². The fraction of sp³-hybridized carbons (Fsp3) is 0.435. The highest BCUT2D eigenvalue weighted by molar-refractivity contribution is 5.79. The number of carbonyl (C=O) groups is 1. The molecule has 164 valence electrons. The second kappa shape index (κ2) is 9.34. The van der Waals surface area contributed by atoms with Crippen LogP contribution in [-0.2, 0) is 35.5 Å². The highest BCUT2D eigenvalue weighted by Crippen LogP contribution is 2.30. The standard InChI is InChI=1S/C23H28N4O4/c1-4-30-12-11-27-20-9-10-26(21(28)13-17-5-7-18(29-3)8-6-17)15-19(20)22(25-27)23-24-14-16(2)31-23/h5-8,14H,4,9-13,15H2,1-3H3. The number of aryl methyl sites for hydroxylation is 1. The molecule has 0 aliphatic carbocycles. The van der Waals surface area contributed by atoms with E-state index in [0.29, 0.717) is 50.9 Å². The van der Waals surface area contributed by atoms with Crippen LogP contribution in [0.5, 0.6) is 5.75 Å². The highest BCUT2D eigenvalue weighted by atomic mass is 16.5. The third-order valence-corrected chi connectivity index (χ3v) is 5.48. The molecule has 0 saturated heterocycles. The summed E-state index contributed by atoms with van der Waals surface area (Å²) in [4.78, 5) is 19.3. The Balaban J connectivity index is 1.55. The summed E-state index contributed by atoms with van der Waals surface area (Å²) in [5.74, 6) is 2.10. The minimum Gasteiger partial charge on any atom is -0.497 e. The van der Waals surface area contributed by atoms with Crippen LogP contribution >= 0.6 is 0 Å². The summed E-state index contributed by atoms with van der Waals surface area (Å²) in [5.41, 5.74) is 3.81. The lowest BCUT2D eigenvalue weighted by molar-refractivity contribution is -0.131. The van der Waals surface area contributed by atoms with Crippen molar-refractivity contribution in [1.82, 2.24) is 19.7 Å². The molecule has 0 bridgehead atoms. The van der Waals surface area contributed by atoms with Crippen LogP contribution in [0.3, 0.4) is 0 Å². The van der Waals surface area contributed by atoms with E-state index < -0.39 is 0 Å². The zero-order valence-corrected chi connectivity index (χ0v) is 18.3. The Bertz CT molecular complexity index is 1040. The van der Waals surface area contributed by atoms with Crippen LogP contribution in [0.2, 0.25) is 0 Å². The van der Waals surface area contributed by atoms with Crippen molar-refractivity contribution in [3.05, 3.63) is 53.0 Å². The predicted molar refractivity (Wildman–Crippen MR) is 115 cm³/mol. The van der Waals surface area contributed by atoms with Gasteiger partial charge in [0.05, 0.1) is 32.9 Å². The molecule has 1 aromatic carbocycles. The van der Waals surface area contributed by atoms with E-state index in [4.69, 9.17) is 19.0 Å². The molecule has 1 amide bonds. The number of oxazole rings is 1. The Kier molecular flexibility index (Phi) is 6.36. The number of carbonyl (C=O) groups excluding carboxylic acids is 1. The number of aromatic nitrogens is 3. The minimum atomic E-state index is 0.0902. The maximum absolute atomic E-state index is 13.0. The number of amides is 1. The van der Waals surface area contributed by atoms with Gasteiger partial charge in [-0.05, 0) is 31.5 Å².